The van der Waals surface area contributed by atoms with E-state index in [1.807, 2.05) is 32.0 Å². The molecule has 0 saturated heterocycles. The van der Waals surface area contributed by atoms with E-state index in [0.717, 1.165) is 25.8 Å². The fourth-order valence-corrected chi connectivity index (χ4v) is 3.03. The van der Waals surface area contributed by atoms with E-state index in [-0.39, 0.29) is 6.04 Å². The molecule has 1 aromatic heterocycles. The Balaban J connectivity index is 2.21. The summed E-state index contributed by atoms with van der Waals surface area (Å²) in [6, 6.07) is 8.13. The second-order valence-corrected chi connectivity index (χ2v) is 5.96. The van der Waals surface area contributed by atoms with Gasteiger partial charge < -0.3 is 9.73 Å². The largest absolute Gasteiger partial charge is 0.466 e. The third-order valence-corrected chi connectivity index (χ3v) is 3.98. The van der Waals surface area contributed by atoms with Crippen LogP contribution in [0, 0.1) is 17.4 Å². The number of benzene rings is 1. The van der Waals surface area contributed by atoms with Crippen LogP contribution in [0.1, 0.15) is 30.0 Å². The monoisotopic (exact) mass is 375 g/mol. The molecule has 2 nitrogen and oxygen atoms in total. The quantitative estimate of drug-likeness (QED) is 0.734. The molecule has 0 radical (unpaired) electrons. The zero-order valence-corrected chi connectivity index (χ0v) is 13.5. The minimum atomic E-state index is 0.206. The molecule has 0 aliphatic heterocycles. The molecule has 0 spiro atoms. The van der Waals surface area contributed by atoms with Crippen molar-refractivity contribution in [2.45, 2.75) is 26.8 Å². The van der Waals surface area contributed by atoms with Crippen LogP contribution in [0.25, 0.3) is 0 Å². The predicted molar refractivity (Wildman–Crippen MR) is 84.4 cm³/mol. The highest BCUT2D eigenvalue weighted by atomic mass is 127. The summed E-state index contributed by atoms with van der Waals surface area (Å²) in [6.45, 7) is 6.09. The van der Waals surface area contributed by atoms with Crippen LogP contribution in [-0.4, -0.2) is 0 Å². The summed E-state index contributed by atoms with van der Waals surface area (Å²) in [5.74, 6) is 1.92. The molecule has 1 atom stereocenters. The normalized spacial score (nSPS) is 12.5. The summed E-state index contributed by atoms with van der Waals surface area (Å²) in [5.41, 5.74) is 2.28. The zero-order chi connectivity index (χ0) is 13.3. The topological polar surface area (TPSA) is 25.2 Å². The second-order valence-electron chi connectivity index (χ2n) is 4.36. The lowest BCUT2D eigenvalue weighted by Crippen LogP contribution is -2.07. The minimum Gasteiger partial charge on any atom is -0.466 e. The van der Waals surface area contributed by atoms with Gasteiger partial charge in [-0.3, -0.25) is 0 Å². The fourth-order valence-electron chi connectivity index (χ4n) is 2.00. The SMILES string of the molecule is Cc1cc(C(C)Nc2ccc(Cl)cc2I)c(C)o1. The molecular weight excluding hydrogens is 361 g/mol. The van der Waals surface area contributed by atoms with Crippen LogP contribution in [-0.2, 0) is 0 Å². The molecule has 0 aliphatic rings. The lowest BCUT2D eigenvalue weighted by molar-refractivity contribution is 0.500. The number of nitrogens with one attached hydrogen (secondary N) is 1. The Morgan fingerprint density at radius 3 is 2.56 bits per heavy atom. The van der Waals surface area contributed by atoms with Gasteiger partial charge in [0, 0.05) is 19.8 Å². The van der Waals surface area contributed by atoms with E-state index in [2.05, 4.69) is 40.9 Å². The number of hydrogen-bond donors (Lipinski definition) is 1. The summed E-state index contributed by atoms with van der Waals surface area (Å²) in [4.78, 5) is 0. The summed E-state index contributed by atoms with van der Waals surface area (Å²) >= 11 is 8.23. The average Bonchev–Trinajstić information content (AvgIpc) is 2.62. The van der Waals surface area contributed by atoms with Gasteiger partial charge >= 0.3 is 0 Å². The van der Waals surface area contributed by atoms with Gasteiger partial charge in [-0.25, -0.2) is 0 Å². The Kier molecular flexibility index (Phi) is 4.22. The van der Waals surface area contributed by atoms with Gasteiger partial charge in [-0.05, 0) is 67.6 Å². The number of anilines is 1. The first-order chi connectivity index (χ1) is 8.47. The highest BCUT2D eigenvalue weighted by Gasteiger charge is 2.13. The van der Waals surface area contributed by atoms with E-state index >= 15 is 0 Å². The molecule has 1 aromatic carbocycles. The maximum atomic E-state index is 5.95. The number of rotatable bonds is 3. The van der Waals surface area contributed by atoms with Crippen molar-refractivity contribution in [3.63, 3.8) is 0 Å². The Labute approximate surface area is 126 Å². The van der Waals surface area contributed by atoms with E-state index in [0.29, 0.717) is 0 Å². The molecule has 96 valence electrons. The third kappa shape index (κ3) is 3.01. The number of halogens is 2. The van der Waals surface area contributed by atoms with Crippen molar-refractivity contribution in [1.82, 2.24) is 0 Å². The molecule has 4 heteroatoms. The number of hydrogen-bond acceptors (Lipinski definition) is 2. The lowest BCUT2D eigenvalue weighted by atomic mass is 10.1. The van der Waals surface area contributed by atoms with E-state index in [1.54, 1.807) is 0 Å². The van der Waals surface area contributed by atoms with Gasteiger partial charge in [-0.15, -0.1) is 0 Å². The molecule has 1 unspecified atom stereocenters. The molecule has 1 heterocycles. The van der Waals surface area contributed by atoms with Crippen LogP contribution >= 0.6 is 34.2 Å². The van der Waals surface area contributed by atoms with Crippen molar-refractivity contribution < 1.29 is 4.42 Å². The minimum absolute atomic E-state index is 0.206. The standard InChI is InChI=1S/C14H15ClINO/c1-8-6-12(10(3)18-8)9(2)17-14-5-4-11(15)7-13(14)16/h4-7,9,17H,1-3H3. The molecule has 1 N–H and O–H groups in total. The van der Waals surface area contributed by atoms with Crippen molar-refractivity contribution in [2.75, 3.05) is 5.32 Å². The summed E-state index contributed by atoms with van der Waals surface area (Å²) in [5, 5.41) is 4.24. The summed E-state index contributed by atoms with van der Waals surface area (Å²) < 4.78 is 6.68. The van der Waals surface area contributed by atoms with Gasteiger partial charge in [-0.2, -0.15) is 0 Å². The Hall–Kier alpha value is -0.680. The zero-order valence-electron chi connectivity index (χ0n) is 10.6. The number of furan rings is 1. The van der Waals surface area contributed by atoms with Crippen LogP contribution in [0.4, 0.5) is 5.69 Å². The molecule has 0 aliphatic carbocycles. The van der Waals surface area contributed by atoms with Crippen LogP contribution < -0.4 is 5.32 Å². The molecule has 0 saturated carbocycles. The first-order valence-electron chi connectivity index (χ1n) is 5.76. The highest BCUT2D eigenvalue weighted by Crippen LogP contribution is 2.28. The van der Waals surface area contributed by atoms with Crippen molar-refractivity contribution in [3.8, 4) is 0 Å². The van der Waals surface area contributed by atoms with Gasteiger partial charge in [0.1, 0.15) is 11.5 Å². The van der Waals surface area contributed by atoms with Crippen LogP contribution in [0.5, 0.6) is 0 Å². The van der Waals surface area contributed by atoms with E-state index < -0.39 is 0 Å². The Morgan fingerprint density at radius 1 is 1.28 bits per heavy atom. The molecular formula is C14H15ClINO. The van der Waals surface area contributed by atoms with Gasteiger partial charge in [0.25, 0.3) is 0 Å². The van der Waals surface area contributed by atoms with Gasteiger partial charge in [0.2, 0.25) is 0 Å². The van der Waals surface area contributed by atoms with E-state index in [9.17, 15) is 0 Å². The summed E-state index contributed by atoms with van der Waals surface area (Å²) in [7, 11) is 0. The molecule has 0 bridgehead atoms. The third-order valence-electron chi connectivity index (χ3n) is 2.85. The smallest absolute Gasteiger partial charge is 0.106 e. The van der Waals surface area contributed by atoms with Gasteiger partial charge in [0.15, 0.2) is 0 Å². The fraction of sp³-hybridized carbons (Fsp3) is 0.286. The second kappa shape index (κ2) is 5.53. The molecule has 2 rings (SSSR count). The molecule has 18 heavy (non-hydrogen) atoms. The Bertz CT molecular complexity index is 565. The molecule has 2 aromatic rings. The number of aryl methyl sites for hydroxylation is 2. The first kappa shape index (κ1) is 13.7. The van der Waals surface area contributed by atoms with Crippen LogP contribution in [0.2, 0.25) is 5.02 Å². The van der Waals surface area contributed by atoms with E-state index in [4.69, 9.17) is 16.0 Å². The Morgan fingerprint density at radius 2 is 2.00 bits per heavy atom. The predicted octanol–water partition coefficient (Wildman–Crippen LogP) is 5.33. The maximum Gasteiger partial charge on any atom is 0.106 e. The van der Waals surface area contributed by atoms with Crippen molar-refractivity contribution >= 4 is 39.9 Å². The van der Waals surface area contributed by atoms with Gasteiger partial charge in [0.05, 0.1) is 6.04 Å². The van der Waals surface area contributed by atoms with Gasteiger partial charge in [-0.1, -0.05) is 11.6 Å². The molecule has 0 fully saturated rings. The lowest BCUT2D eigenvalue weighted by Gasteiger charge is -2.16. The summed E-state index contributed by atoms with van der Waals surface area (Å²) in [6.07, 6.45) is 0. The van der Waals surface area contributed by atoms with Crippen molar-refractivity contribution in [2.24, 2.45) is 0 Å². The highest BCUT2D eigenvalue weighted by molar-refractivity contribution is 14.1. The molecule has 0 amide bonds. The first-order valence-corrected chi connectivity index (χ1v) is 7.21. The average molecular weight is 376 g/mol. The van der Waals surface area contributed by atoms with E-state index in [1.165, 1.54) is 5.56 Å². The van der Waals surface area contributed by atoms with Crippen molar-refractivity contribution in [1.29, 1.82) is 0 Å². The van der Waals surface area contributed by atoms with Crippen LogP contribution in [0.3, 0.4) is 0 Å². The van der Waals surface area contributed by atoms with Crippen LogP contribution in [0.15, 0.2) is 28.7 Å². The van der Waals surface area contributed by atoms with Crippen molar-refractivity contribution in [3.05, 3.63) is 49.9 Å². The maximum absolute atomic E-state index is 5.95.